The first kappa shape index (κ1) is 13.5. The van der Waals surface area contributed by atoms with E-state index in [2.05, 4.69) is 26.6 Å². The van der Waals surface area contributed by atoms with Gasteiger partial charge >= 0.3 is 0 Å². The van der Waals surface area contributed by atoms with Gasteiger partial charge in [-0.3, -0.25) is 14.8 Å². The van der Waals surface area contributed by atoms with Gasteiger partial charge in [0, 0.05) is 42.7 Å². The molecule has 5 nitrogen and oxygen atoms in total. The normalized spacial score (nSPS) is 18.3. The summed E-state index contributed by atoms with van der Waals surface area (Å²) in [6.45, 7) is 0.846. The van der Waals surface area contributed by atoms with Crippen molar-refractivity contribution in [2.24, 2.45) is 0 Å². The molecule has 1 unspecified atom stereocenters. The Morgan fingerprint density at radius 1 is 1.10 bits per heavy atom. The standard InChI is InChI=1S/C16H17N4O/c21-16(19-13-4-8-17-9-5-13)15-3-1-2-12-20(15)14-6-10-18-11-7-14/h1,4-11,15H,2-3,12H2,(H,17,19,21). The number of hydrogen-bond acceptors (Lipinski definition) is 4. The van der Waals surface area contributed by atoms with E-state index in [4.69, 9.17) is 0 Å². The number of carbonyl (C=O) groups is 1. The van der Waals surface area contributed by atoms with E-state index in [1.54, 1.807) is 36.9 Å². The number of aromatic nitrogens is 2. The monoisotopic (exact) mass is 281 g/mol. The molecule has 5 heteroatoms. The molecule has 0 aliphatic carbocycles. The van der Waals surface area contributed by atoms with Crippen LogP contribution in [0.4, 0.5) is 11.4 Å². The molecule has 0 spiro atoms. The molecule has 1 amide bonds. The number of anilines is 2. The Bertz CT molecular complexity index is 588. The summed E-state index contributed by atoms with van der Waals surface area (Å²) in [5.41, 5.74) is 1.81. The quantitative estimate of drug-likeness (QED) is 0.937. The summed E-state index contributed by atoms with van der Waals surface area (Å²) >= 11 is 0. The molecule has 1 radical (unpaired) electrons. The zero-order valence-corrected chi connectivity index (χ0v) is 11.6. The van der Waals surface area contributed by atoms with Crippen molar-refractivity contribution < 1.29 is 4.79 Å². The van der Waals surface area contributed by atoms with Gasteiger partial charge in [-0.05, 0) is 43.5 Å². The zero-order chi connectivity index (χ0) is 14.5. The summed E-state index contributed by atoms with van der Waals surface area (Å²) in [5.74, 6) is 0.00830. The number of piperidine rings is 1. The summed E-state index contributed by atoms with van der Waals surface area (Å²) in [6.07, 6.45) is 10.8. The number of rotatable bonds is 3. The second-order valence-electron chi connectivity index (χ2n) is 4.95. The fraction of sp³-hybridized carbons (Fsp3) is 0.250. The van der Waals surface area contributed by atoms with E-state index in [9.17, 15) is 4.79 Å². The van der Waals surface area contributed by atoms with E-state index in [1.165, 1.54) is 0 Å². The summed E-state index contributed by atoms with van der Waals surface area (Å²) < 4.78 is 0. The van der Waals surface area contributed by atoms with Gasteiger partial charge in [0.15, 0.2) is 0 Å². The van der Waals surface area contributed by atoms with Gasteiger partial charge in [0.25, 0.3) is 0 Å². The molecule has 0 bridgehead atoms. The molecule has 3 rings (SSSR count). The van der Waals surface area contributed by atoms with Gasteiger partial charge in [-0.2, -0.15) is 0 Å². The predicted octanol–water partition coefficient (Wildman–Crippen LogP) is 2.29. The average molecular weight is 281 g/mol. The number of amides is 1. The third-order valence-electron chi connectivity index (χ3n) is 3.59. The Kier molecular flexibility index (Phi) is 4.09. The van der Waals surface area contributed by atoms with Crippen molar-refractivity contribution in [1.82, 2.24) is 9.97 Å². The smallest absolute Gasteiger partial charge is 0.247 e. The number of carbonyl (C=O) groups excluding carboxylic acids is 1. The van der Waals surface area contributed by atoms with Crippen molar-refractivity contribution in [3.63, 3.8) is 0 Å². The van der Waals surface area contributed by atoms with Gasteiger partial charge < -0.3 is 10.2 Å². The van der Waals surface area contributed by atoms with Gasteiger partial charge in [-0.25, -0.2) is 0 Å². The van der Waals surface area contributed by atoms with E-state index in [0.717, 1.165) is 30.8 Å². The second kappa shape index (κ2) is 6.35. The fourth-order valence-electron chi connectivity index (χ4n) is 2.54. The molecule has 1 fully saturated rings. The average Bonchev–Trinajstić information content (AvgIpc) is 2.56. The van der Waals surface area contributed by atoms with Gasteiger partial charge in [-0.15, -0.1) is 0 Å². The van der Waals surface area contributed by atoms with Gasteiger partial charge in [0.1, 0.15) is 6.04 Å². The first-order valence-corrected chi connectivity index (χ1v) is 7.04. The lowest BCUT2D eigenvalue weighted by molar-refractivity contribution is -0.117. The van der Waals surface area contributed by atoms with Gasteiger partial charge in [-0.1, -0.05) is 0 Å². The van der Waals surface area contributed by atoms with Crippen LogP contribution in [0.3, 0.4) is 0 Å². The summed E-state index contributed by atoms with van der Waals surface area (Å²) in [7, 11) is 0. The van der Waals surface area contributed by atoms with Crippen LogP contribution in [0.15, 0.2) is 49.1 Å². The van der Waals surface area contributed by atoms with Crippen LogP contribution in [0.2, 0.25) is 0 Å². The van der Waals surface area contributed by atoms with E-state index >= 15 is 0 Å². The van der Waals surface area contributed by atoms with Crippen LogP contribution in [-0.4, -0.2) is 28.5 Å². The van der Waals surface area contributed by atoms with Crippen molar-refractivity contribution >= 4 is 17.3 Å². The van der Waals surface area contributed by atoms with Crippen LogP contribution in [-0.2, 0) is 4.79 Å². The Hall–Kier alpha value is -2.43. The summed E-state index contributed by atoms with van der Waals surface area (Å²) in [6, 6.07) is 7.28. The molecule has 0 aromatic carbocycles. The third-order valence-corrected chi connectivity index (χ3v) is 3.59. The lowest BCUT2D eigenvalue weighted by Crippen LogP contribution is -2.47. The Morgan fingerprint density at radius 2 is 1.76 bits per heavy atom. The van der Waals surface area contributed by atoms with E-state index in [0.29, 0.717) is 0 Å². The molecular formula is C16H17N4O. The third kappa shape index (κ3) is 3.18. The number of nitrogens with zero attached hydrogens (tertiary/aromatic N) is 3. The van der Waals surface area contributed by atoms with Gasteiger partial charge in [0.2, 0.25) is 5.91 Å². The topological polar surface area (TPSA) is 58.1 Å². The fourth-order valence-corrected chi connectivity index (χ4v) is 2.54. The van der Waals surface area contributed by atoms with Crippen molar-refractivity contribution in [2.75, 3.05) is 16.8 Å². The minimum Gasteiger partial charge on any atom is -0.359 e. The van der Waals surface area contributed by atoms with Crippen LogP contribution in [0.1, 0.15) is 12.8 Å². The number of hydrogen-bond donors (Lipinski definition) is 1. The maximum Gasteiger partial charge on any atom is 0.247 e. The van der Waals surface area contributed by atoms with Crippen molar-refractivity contribution in [3.05, 3.63) is 55.5 Å². The first-order chi connectivity index (χ1) is 10.3. The van der Waals surface area contributed by atoms with Crippen LogP contribution in [0.25, 0.3) is 0 Å². The minimum absolute atomic E-state index is 0.00830. The molecule has 2 aromatic rings. The van der Waals surface area contributed by atoms with Crippen molar-refractivity contribution in [3.8, 4) is 0 Å². The highest BCUT2D eigenvalue weighted by atomic mass is 16.2. The van der Waals surface area contributed by atoms with E-state index in [1.807, 2.05) is 12.1 Å². The molecule has 1 atom stereocenters. The van der Waals surface area contributed by atoms with E-state index < -0.39 is 0 Å². The van der Waals surface area contributed by atoms with Crippen LogP contribution in [0, 0.1) is 6.42 Å². The SMILES string of the molecule is O=C(Nc1ccncc1)C1C[CH]CCN1c1ccncc1. The number of pyridine rings is 2. The Labute approximate surface area is 124 Å². The highest BCUT2D eigenvalue weighted by molar-refractivity contribution is 5.97. The highest BCUT2D eigenvalue weighted by Crippen LogP contribution is 2.24. The molecule has 107 valence electrons. The molecule has 21 heavy (non-hydrogen) atoms. The first-order valence-electron chi connectivity index (χ1n) is 7.04. The molecular weight excluding hydrogens is 264 g/mol. The molecule has 0 saturated carbocycles. The molecule has 2 aromatic heterocycles. The number of nitrogens with one attached hydrogen (secondary N) is 1. The lowest BCUT2D eigenvalue weighted by Gasteiger charge is -2.36. The summed E-state index contributed by atoms with van der Waals surface area (Å²) in [4.78, 5) is 22.7. The van der Waals surface area contributed by atoms with Crippen LogP contribution >= 0.6 is 0 Å². The molecule has 1 saturated heterocycles. The lowest BCUT2D eigenvalue weighted by atomic mass is 10.0. The highest BCUT2D eigenvalue weighted by Gasteiger charge is 2.29. The maximum absolute atomic E-state index is 12.5. The molecule has 1 aliphatic rings. The molecule has 1 N–H and O–H groups in total. The van der Waals surface area contributed by atoms with Crippen molar-refractivity contribution in [1.29, 1.82) is 0 Å². The Morgan fingerprint density at radius 3 is 2.48 bits per heavy atom. The minimum atomic E-state index is -0.186. The Balaban J connectivity index is 1.76. The zero-order valence-electron chi connectivity index (χ0n) is 11.6. The molecule has 3 heterocycles. The maximum atomic E-state index is 12.5. The predicted molar refractivity (Wildman–Crippen MR) is 81.8 cm³/mol. The second-order valence-corrected chi connectivity index (χ2v) is 4.95. The van der Waals surface area contributed by atoms with Crippen LogP contribution in [0.5, 0.6) is 0 Å². The van der Waals surface area contributed by atoms with Crippen molar-refractivity contribution in [2.45, 2.75) is 18.9 Å². The van der Waals surface area contributed by atoms with E-state index in [-0.39, 0.29) is 11.9 Å². The largest absolute Gasteiger partial charge is 0.359 e. The van der Waals surface area contributed by atoms with Gasteiger partial charge in [0.05, 0.1) is 0 Å². The summed E-state index contributed by atoms with van der Waals surface area (Å²) in [5, 5.41) is 2.96. The van der Waals surface area contributed by atoms with Crippen LogP contribution < -0.4 is 10.2 Å². The molecule has 1 aliphatic heterocycles.